The van der Waals surface area contributed by atoms with Crippen molar-refractivity contribution in [2.24, 2.45) is 0 Å². The van der Waals surface area contributed by atoms with E-state index in [1.165, 1.54) is 0 Å². The Morgan fingerprint density at radius 3 is 2.45 bits per heavy atom. The van der Waals surface area contributed by atoms with Crippen LogP contribution in [0.25, 0.3) is 0 Å². The van der Waals surface area contributed by atoms with Gasteiger partial charge in [-0.15, -0.1) is 13.2 Å². The van der Waals surface area contributed by atoms with E-state index in [4.69, 9.17) is 11.6 Å². The molecular formula is C19H17ClF3NO4S. The lowest BCUT2D eigenvalue weighted by Gasteiger charge is -2.27. The molecule has 0 spiro atoms. The molecule has 29 heavy (non-hydrogen) atoms. The van der Waals surface area contributed by atoms with Gasteiger partial charge in [-0.05, 0) is 60.7 Å². The summed E-state index contributed by atoms with van der Waals surface area (Å²) in [6, 6.07) is 8.79. The second kappa shape index (κ2) is 7.53. The lowest BCUT2D eigenvalue weighted by Crippen LogP contribution is -2.45. The number of rotatable bonds is 5. The predicted octanol–water partition coefficient (Wildman–Crippen LogP) is 4.34. The van der Waals surface area contributed by atoms with E-state index in [-0.39, 0.29) is 4.90 Å². The molecule has 5 nitrogen and oxygen atoms in total. The summed E-state index contributed by atoms with van der Waals surface area (Å²) < 4.78 is 67.7. The van der Waals surface area contributed by atoms with E-state index in [0.29, 0.717) is 29.8 Å². The van der Waals surface area contributed by atoms with Crippen LogP contribution in [0.3, 0.4) is 0 Å². The first kappa shape index (κ1) is 21.4. The van der Waals surface area contributed by atoms with E-state index < -0.39 is 33.5 Å². The molecule has 1 aliphatic rings. The van der Waals surface area contributed by atoms with Gasteiger partial charge in [-0.1, -0.05) is 30.7 Å². The largest absolute Gasteiger partial charge is 0.573 e. The van der Waals surface area contributed by atoms with Crippen molar-refractivity contribution in [1.29, 1.82) is 0 Å². The van der Waals surface area contributed by atoms with Crippen molar-refractivity contribution in [1.82, 2.24) is 4.72 Å². The first-order valence-corrected chi connectivity index (χ1v) is 10.6. The molecule has 156 valence electrons. The highest BCUT2D eigenvalue weighted by Gasteiger charge is 2.45. The molecule has 0 aliphatic heterocycles. The quantitative estimate of drug-likeness (QED) is 0.740. The van der Waals surface area contributed by atoms with E-state index >= 15 is 0 Å². The molecule has 0 fully saturated rings. The Hall–Kier alpha value is -2.26. The number of carbonyl (C=O) groups is 1. The van der Waals surface area contributed by atoms with Gasteiger partial charge in [-0.2, -0.15) is 0 Å². The lowest BCUT2D eigenvalue weighted by molar-refractivity contribution is -0.274. The Morgan fingerprint density at radius 1 is 1.21 bits per heavy atom. The van der Waals surface area contributed by atoms with E-state index in [1.54, 1.807) is 25.1 Å². The highest BCUT2D eigenvalue weighted by atomic mass is 35.5. The standard InChI is InChI=1S/C19H17ClF3NO4S/c1-2-18(11-10-14-15(18)4-3-5-16(14)20)17(25)24-29(26,27)13-8-6-12(7-9-13)28-19(21,22)23/h3-9H,2,10-11H2,1H3,(H,24,25). The number of halogens is 4. The van der Waals surface area contributed by atoms with Crippen molar-refractivity contribution in [2.75, 3.05) is 0 Å². The zero-order valence-corrected chi connectivity index (χ0v) is 16.8. The Bertz CT molecular complexity index is 1040. The van der Waals surface area contributed by atoms with Crippen LogP contribution in [0.4, 0.5) is 13.2 Å². The van der Waals surface area contributed by atoms with Crippen LogP contribution in [-0.2, 0) is 26.7 Å². The molecule has 10 heteroatoms. The molecule has 0 saturated carbocycles. The summed E-state index contributed by atoms with van der Waals surface area (Å²) in [4.78, 5) is 12.7. The summed E-state index contributed by atoms with van der Waals surface area (Å²) in [5, 5.41) is 0.522. The molecule has 3 rings (SSSR count). The highest BCUT2D eigenvalue weighted by molar-refractivity contribution is 7.90. The minimum atomic E-state index is -4.89. The first-order chi connectivity index (χ1) is 13.5. The van der Waals surface area contributed by atoms with Crippen LogP contribution < -0.4 is 9.46 Å². The van der Waals surface area contributed by atoms with Crippen LogP contribution >= 0.6 is 11.6 Å². The summed E-state index contributed by atoms with van der Waals surface area (Å²) in [5.41, 5.74) is 0.457. The monoisotopic (exact) mass is 447 g/mol. The van der Waals surface area contributed by atoms with Crippen LogP contribution in [0, 0.1) is 0 Å². The molecular weight excluding hydrogens is 431 g/mol. The molecule has 1 N–H and O–H groups in total. The summed E-state index contributed by atoms with van der Waals surface area (Å²) in [6.07, 6.45) is -3.58. The van der Waals surface area contributed by atoms with Gasteiger partial charge in [0.1, 0.15) is 5.75 Å². The second-order valence-electron chi connectivity index (χ2n) is 6.66. The maximum absolute atomic E-state index is 13.0. The van der Waals surface area contributed by atoms with Crippen molar-refractivity contribution in [3.8, 4) is 5.75 Å². The Morgan fingerprint density at radius 2 is 1.86 bits per heavy atom. The van der Waals surface area contributed by atoms with Crippen LogP contribution in [0.15, 0.2) is 47.4 Å². The molecule has 1 unspecified atom stereocenters. The number of carbonyl (C=O) groups excluding carboxylic acids is 1. The molecule has 1 atom stereocenters. The maximum atomic E-state index is 13.0. The van der Waals surface area contributed by atoms with Gasteiger partial charge in [0, 0.05) is 5.02 Å². The number of amides is 1. The van der Waals surface area contributed by atoms with E-state index in [9.17, 15) is 26.4 Å². The number of ether oxygens (including phenoxy) is 1. The maximum Gasteiger partial charge on any atom is 0.573 e. The Labute approximate surface area is 170 Å². The van der Waals surface area contributed by atoms with Crippen molar-refractivity contribution >= 4 is 27.5 Å². The molecule has 2 aromatic rings. The normalized spacial score (nSPS) is 18.9. The van der Waals surface area contributed by atoms with Crippen LogP contribution in [-0.4, -0.2) is 20.7 Å². The van der Waals surface area contributed by atoms with Gasteiger partial charge in [0.25, 0.3) is 10.0 Å². The summed E-state index contributed by atoms with van der Waals surface area (Å²) >= 11 is 6.21. The number of fused-ring (bicyclic) bond motifs is 1. The van der Waals surface area contributed by atoms with Gasteiger partial charge in [0.05, 0.1) is 10.3 Å². The number of hydrogen-bond acceptors (Lipinski definition) is 4. The summed E-state index contributed by atoms with van der Waals surface area (Å²) in [7, 11) is -4.29. The molecule has 0 aromatic heterocycles. The van der Waals surface area contributed by atoms with Crippen molar-refractivity contribution in [3.05, 3.63) is 58.6 Å². The number of nitrogens with one attached hydrogen (secondary N) is 1. The molecule has 1 amide bonds. The van der Waals surface area contributed by atoms with Gasteiger partial charge in [0.2, 0.25) is 5.91 Å². The zero-order valence-electron chi connectivity index (χ0n) is 15.2. The number of hydrogen-bond donors (Lipinski definition) is 1. The van der Waals surface area contributed by atoms with E-state index in [1.807, 2.05) is 0 Å². The second-order valence-corrected chi connectivity index (χ2v) is 8.75. The third-order valence-electron chi connectivity index (χ3n) is 5.07. The average Bonchev–Trinajstić information content (AvgIpc) is 3.02. The summed E-state index contributed by atoms with van der Waals surface area (Å²) in [5.74, 6) is -1.26. The number of benzene rings is 2. The van der Waals surface area contributed by atoms with Gasteiger partial charge >= 0.3 is 6.36 Å². The predicted molar refractivity (Wildman–Crippen MR) is 100 cm³/mol. The lowest BCUT2D eigenvalue weighted by atomic mass is 9.79. The summed E-state index contributed by atoms with van der Waals surface area (Å²) in [6.45, 7) is 1.78. The first-order valence-electron chi connectivity index (χ1n) is 8.69. The molecule has 1 aliphatic carbocycles. The molecule has 0 saturated heterocycles. The van der Waals surface area contributed by atoms with Crippen molar-refractivity contribution < 1.29 is 31.1 Å². The molecule has 0 radical (unpaired) electrons. The van der Waals surface area contributed by atoms with Crippen LogP contribution in [0.1, 0.15) is 30.9 Å². The molecule has 0 bridgehead atoms. The third-order valence-corrected chi connectivity index (χ3v) is 6.77. The van der Waals surface area contributed by atoms with E-state index in [2.05, 4.69) is 9.46 Å². The fourth-order valence-corrected chi connectivity index (χ4v) is 4.92. The Balaban J connectivity index is 1.86. The van der Waals surface area contributed by atoms with Gasteiger partial charge in [-0.25, -0.2) is 13.1 Å². The fraction of sp³-hybridized carbons (Fsp3) is 0.316. The van der Waals surface area contributed by atoms with Crippen molar-refractivity contribution in [2.45, 2.75) is 42.9 Å². The van der Waals surface area contributed by atoms with Gasteiger partial charge in [-0.3, -0.25) is 4.79 Å². The van der Waals surface area contributed by atoms with Crippen LogP contribution in [0.5, 0.6) is 5.75 Å². The minimum absolute atomic E-state index is 0.351. The fourth-order valence-electron chi connectivity index (χ4n) is 3.60. The van der Waals surface area contributed by atoms with Gasteiger partial charge in [0.15, 0.2) is 0 Å². The molecule has 2 aromatic carbocycles. The topological polar surface area (TPSA) is 72.5 Å². The zero-order chi connectivity index (χ0) is 21.4. The average molecular weight is 448 g/mol. The highest BCUT2D eigenvalue weighted by Crippen LogP contribution is 2.44. The minimum Gasteiger partial charge on any atom is -0.406 e. The third kappa shape index (κ3) is 4.20. The number of sulfonamides is 1. The molecule has 0 heterocycles. The van der Waals surface area contributed by atoms with E-state index in [0.717, 1.165) is 29.8 Å². The Kier molecular flexibility index (Phi) is 5.57. The van der Waals surface area contributed by atoms with Crippen LogP contribution in [0.2, 0.25) is 5.02 Å². The van der Waals surface area contributed by atoms with Gasteiger partial charge < -0.3 is 4.74 Å². The number of alkyl halides is 3. The van der Waals surface area contributed by atoms with Crippen molar-refractivity contribution in [3.63, 3.8) is 0 Å². The SMILES string of the molecule is CCC1(C(=O)NS(=O)(=O)c2ccc(OC(F)(F)F)cc2)CCc2c(Cl)cccc21. The smallest absolute Gasteiger partial charge is 0.406 e.